The van der Waals surface area contributed by atoms with Gasteiger partial charge in [0.25, 0.3) is 11.5 Å². The second-order valence-electron chi connectivity index (χ2n) is 6.02. The van der Waals surface area contributed by atoms with Crippen molar-refractivity contribution in [2.75, 3.05) is 5.32 Å². The molecule has 0 fully saturated rings. The highest BCUT2D eigenvalue weighted by Gasteiger charge is 2.16. The number of rotatable bonds is 3. The van der Waals surface area contributed by atoms with Gasteiger partial charge in [0, 0.05) is 24.4 Å². The van der Waals surface area contributed by atoms with E-state index in [-0.39, 0.29) is 17.1 Å². The van der Waals surface area contributed by atoms with Crippen LogP contribution in [-0.4, -0.2) is 36.6 Å². The summed E-state index contributed by atoms with van der Waals surface area (Å²) < 4.78 is 2.73. The summed E-state index contributed by atoms with van der Waals surface area (Å²) in [4.78, 5) is 36.2. The molecule has 0 aliphatic rings. The molecule has 0 saturated heterocycles. The number of carboxylic acids is 1. The van der Waals surface area contributed by atoms with Crippen LogP contribution in [0.1, 0.15) is 20.8 Å². The Bertz CT molecular complexity index is 1270. The minimum Gasteiger partial charge on any atom is -0.476 e. The average molecular weight is 380 g/mol. The van der Waals surface area contributed by atoms with Crippen molar-refractivity contribution in [2.45, 2.75) is 0 Å². The number of benzene rings is 2. The van der Waals surface area contributed by atoms with E-state index in [1.54, 1.807) is 54.1 Å². The SMILES string of the molecule is Cn1c2ccc(NC(=O)c3ccccc3)cc2c(=O)n2nc(C(=O)O)cc12.O. The summed E-state index contributed by atoms with van der Waals surface area (Å²) >= 11 is 0. The maximum atomic E-state index is 12.8. The topological polar surface area (TPSA) is 137 Å². The molecule has 0 radical (unpaired) electrons. The highest BCUT2D eigenvalue weighted by molar-refractivity contribution is 6.05. The van der Waals surface area contributed by atoms with Crippen molar-refractivity contribution < 1.29 is 20.2 Å². The third-order valence-electron chi connectivity index (χ3n) is 4.33. The highest BCUT2D eigenvalue weighted by atomic mass is 16.4. The average Bonchev–Trinajstić information content (AvgIpc) is 3.13. The summed E-state index contributed by atoms with van der Waals surface area (Å²) in [6, 6.07) is 15.0. The van der Waals surface area contributed by atoms with E-state index in [9.17, 15) is 14.4 Å². The number of hydrogen-bond donors (Lipinski definition) is 2. The number of anilines is 1. The van der Waals surface area contributed by atoms with E-state index in [1.807, 2.05) is 6.07 Å². The molecule has 2 aromatic carbocycles. The van der Waals surface area contributed by atoms with Crippen LogP contribution in [0.25, 0.3) is 16.6 Å². The third kappa shape index (κ3) is 2.99. The van der Waals surface area contributed by atoms with Crippen LogP contribution < -0.4 is 10.9 Å². The highest BCUT2D eigenvalue weighted by Crippen LogP contribution is 2.19. The van der Waals surface area contributed by atoms with Crippen molar-refractivity contribution in [2.24, 2.45) is 7.05 Å². The van der Waals surface area contributed by atoms with Gasteiger partial charge in [0.15, 0.2) is 5.69 Å². The Morgan fingerprint density at radius 2 is 1.79 bits per heavy atom. The van der Waals surface area contributed by atoms with Crippen molar-refractivity contribution in [3.05, 3.63) is 76.2 Å². The van der Waals surface area contributed by atoms with Crippen LogP contribution in [0.15, 0.2) is 59.4 Å². The number of carboxylic acid groups (broad SMARTS) is 1. The van der Waals surface area contributed by atoms with Gasteiger partial charge >= 0.3 is 5.97 Å². The summed E-state index contributed by atoms with van der Waals surface area (Å²) in [5.41, 5.74) is 1.25. The minimum atomic E-state index is -1.21. The first-order chi connectivity index (χ1) is 13.0. The number of nitrogens with zero attached hydrogens (tertiary/aromatic N) is 3. The Morgan fingerprint density at radius 1 is 1.07 bits per heavy atom. The molecule has 2 aromatic heterocycles. The van der Waals surface area contributed by atoms with E-state index in [0.29, 0.717) is 27.8 Å². The van der Waals surface area contributed by atoms with E-state index in [1.165, 1.54) is 6.07 Å². The van der Waals surface area contributed by atoms with E-state index in [0.717, 1.165) is 4.52 Å². The number of carbonyl (C=O) groups is 2. The monoisotopic (exact) mass is 380 g/mol. The summed E-state index contributed by atoms with van der Waals surface area (Å²) in [5.74, 6) is -1.50. The summed E-state index contributed by atoms with van der Waals surface area (Å²) in [6.07, 6.45) is 0. The molecule has 2 heterocycles. The quantitative estimate of drug-likeness (QED) is 0.552. The van der Waals surface area contributed by atoms with E-state index >= 15 is 0 Å². The molecule has 0 bridgehead atoms. The molecule has 4 aromatic rings. The lowest BCUT2D eigenvalue weighted by Crippen LogP contribution is -2.19. The van der Waals surface area contributed by atoms with Crippen molar-refractivity contribution in [3.63, 3.8) is 0 Å². The van der Waals surface area contributed by atoms with Gasteiger partial charge in [-0.25, -0.2) is 4.79 Å². The Labute approximate surface area is 157 Å². The minimum absolute atomic E-state index is 0. The van der Waals surface area contributed by atoms with Gasteiger partial charge in [0.05, 0.1) is 10.9 Å². The van der Waals surface area contributed by atoms with Gasteiger partial charge in [-0.2, -0.15) is 9.61 Å². The van der Waals surface area contributed by atoms with Crippen molar-refractivity contribution in [3.8, 4) is 0 Å². The molecule has 9 heteroatoms. The Hall–Kier alpha value is -3.98. The first-order valence-electron chi connectivity index (χ1n) is 8.08. The van der Waals surface area contributed by atoms with Crippen LogP contribution in [0.3, 0.4) is 0 Å². The molecule has 4 rings (SSSR count). The predicted octanol–water partition coefficient (Wildman–Crippen LogP) is 1.31. The number of fused-ring (bicyclic) bond motifs is 2. The zero-order chi connectivity index (χ0) is 19.1. The van der Waals surface area contributed by atoms with Crippen LogP contribution >= 0.6 is 0 Å². The molecule has 9 nitrogen and oxygen atoms in total. The van der Waals surface area contributed by atoms with Gasteiger partial charge in [-0.3, -0.25) is 9.59 Å². The van der Waals surface area contributed by atoms with Crippen molar-refractivity contribution in [1.29, 1.82) is 0 Å². The largest absolute Gasteiger partial charge is 0.476 e. The lowest BCUT2D eigenvalue weighted by Gasteiger charge is -2.10. The van der Waals surface area contributed by atoms with Crippen LogP contribution in [0, 0.1) is 0 Å². The predicted molar refractivity (Wildman–Crippen MR) is 103 cm³/mol. The molecule has 4 N–H and O–H groups in total. The van der Waals surface area contributed by atoms with Gasteiger partial charge in [-0.15, -0.1) is 0 Å². The normalized spacial score (nSPS) is 10.6. The molecule has 142 valence electrons. The second-order valence-corrected chi connectivity index (χ2v) is 6.02. The maximum absolute atomic E-state index is 12.8. The van der Waals surface area contributed by atoms with Crippen molar-refractivity contribution in [1.82, 2.24) is 14.2 Å². The van der Waals surface area contributed by atoms with Gasteiger partial charge in [0.1, 0.15) is 5.65 Å². The molecule has 0 atom stereocenters. The molecular weight excluding hydrogens is 364 g/mol. The number of amides is 1. The molecule has 0 aliphatic heterocycles. The van der Waals surface area contributed by atoms with E-state index in [4.69, 9.17) is 5.11 Å². The Kier molecular flexibility index (Phi) is 4.68. The number of carbonyl (C=O) groups excluding carboxylic acids is 1. The smallest absolute Gasteiger partial charge is 0.356 e. The fourth-order valence-corrected chi connectivity index (χ4v) is 2.97. The van der Waals surface area contributed by atoms with Crippen LogP contribution in [0.5, 0.6) is 0 Å². The molecule has 0 unspecified atom stereocenters. The lowest BCUT2D eigenvalue weighted by molar-refractivity contribution is 0.0690. The number of hydrogen-bond acceptors (Lipinski definition) is 4. The third-order valence-corrected chi connectivity index (χ3v) is 4.33. The number of aryl methyl sites for hydroxylation is 1. The van der Waals surface area contributed by atoms with Crippen LogP contribution in [-0.2, 0) is 7.05 Å². The summed E-state index contributed by atoms with van der Waals surface area (Å²) in [7, 11) is 1.71. The van der Waals surface area contributed by atoms with Gasteiger partial charge < -0.3 is 20.5 Å². The molecule has 0 saturated carbocycles. The van der Waals surface area contributed by atoms with Crippen LogP contribution in [0.2, 0.25) is 0 Å². The molecule has 0 spiro atoms. The van der Waals surface area contributed by atoms with E-state index in [2.05, 4.69) is 10.4 Å². The summed E-state index contributed by atoms with van der Waals surface area (Å²) in [6.45, 7) is 0. The molecule has 0 aliphatic carbocycles. The second kappa shape index (κ2) is 6.97. The Morgan fingerprint density at radius 3 is 2.46 bits per heavy atom. The van der Waals surface area contributed by atoms with Crippen LogP contribution in [0.4, 0.5) is 5.69 Å². The fourth-order valence-electron chi connectivity index (χ4n) is 2.97. The number of nitrogens with one attached hydrogen (secondary N) is 1. The molecule has 28 heavy (non-hydrogen) atoms. The zero-order valence-electron chi connectivity index (χ0n) is 14.7. The summed E-state index contributed by atoms with van der Waals surface area (Å²) in [5, 5.41) is 16.1. The molecule has 1 amide bonds. The van der Waals surface area contributed by atoms with Crippen molar-refractivity contribution >= 4 is 34.1 Å². The first-order valence-corrected chi connectivity index (χ1v) is 8.08. The van der Waals surface area contributed by atoms with Gasteiger partial charge in [-0.05, 0) is 30.3 Å². The number of aromatic nitrogens is 3. The maximum Gasteiger partial charge on any atom is 0.356 e. The van der Waals surface area contributed by atoms with E-state index < -0.39 is 11.5 Å². The molecular formula is C19H16N4O5. The van der Waals surface area contributed by atoms with Gasteiger partial charge in [-0.1, -0.05) is 18.2 Å². The van der Waals surface area contributed by atoms with Gasteiger partial charge in [0.2, 0.25) is 0 Å². The number of aromatic carboxylic acids is 1. The first kappa shape index (κ1) is 18.8. The Balaban J connectivity index is 0.00000225. The zero-order valence-corrected chi connectivity index (χ0v) is 14.7. The standard InChI is InChI=1S/C19H14N4O4.H2O/c1-22-15-8-7-12(20-17(24)11-5-3-2-4-6-11)9-13(15)18(25)23-16(22)10-14(21-23)19(26)27;/h2-10H,1H3,(H,20,24)(H,26,27);1H2. The fraction of sp³-hybridized carbons (Fsp3) is 0.0526. The lowest BCUT2D eigenvalue weighted by atomic mass is 10.2.